The van der Waals surface area contributed by atoms with Gasteiger partial charge in [0.2, 0.25) is 0 Å². The highest BCUT2D eigenvalue weighted by molar-refractivity contribution is 7.17. The van der Waals surface area contributed by atoms with Crippen molar-refractivity contribution in [2.75, 3.05) is 0 Å². The normalized spacial score (nSPS) is 13.4. The van der Waals surface area contributed by atoms with Crippen molar-refractivity contribution in [3.8, 4) is 6.07 Å². The molecule has 1 atom stereocenters. The molecule has 0 fully saturated rings. The fraction of sp³-hybridized carbons (Fsp3) is 0.150. The minimum Gasteiger partial charge on any atom is -0.401 e. The molecule has 1 aromatic heterocycles. The maximum atomic E-state index is 9.74. The summed E-state index contributed by atoms with van der Waals surface area (Å²) in [7, 11) is 2.07. The second-order valence-corrected chi connectivity index (χ2v) is 7.12. The number of allylic oxidation sites excluding steroid dienone is 2. The van der Waals surface area contributed by atoms with Gasteiger partial charge < -0.3 is 5.73 Å². The van der Waals surface area contributed by atoms with E-state index in [-0.39, 0.29) is 5.92 Å². The number of rotatable bonds is 3. The largest absolute Gasteiger partial charge is 0.401 e. The lowest BCUT2D eigenvalue weighted by Crippen LogP contribution is -2.13. The SMILES string of the molecule is Bc1cccc(C(/C(C#N)=C(\C)N)c2ccc3sccc3c2C)c1. The van der Waals surface area contributed by atoms with Gasteiger partial charge in [-0.15, -0.1) is 11.3 Å². The van der Waals surface area contributed by atoms with Gasteiger partial charge in [-0.25, -0.2) is 0 Å². The molecular formula is C20H19BN2S. The van der Waals surface area contributed by atoms with Crippen LogP contribution in [0, 0.1) is 18.3 Å². The van der Waals surface area contributed by atoms with Gasteiger partial charge in [-0.05, 0) is 53.4 Å². The van der Waals surface area contributed by atoms with Crippen molar-refractivity contribution >= 4 is 34.7 Å². The van der Waals surface area contributed by atoms with Crippen molar-refractivity contribution in [1.29, 1.82) is 5.26 Å². The third-order valence-electron chi connectivity index (χ3n) is 4.47. The Hall–Kier alpha value is -2.51. The summed E-state index contributed by atoms with van der Waals surface area (Å²) >= 11 is 1.74. The average Bonchev–Trinajstić information content (AvgIpc) is 3.02. The molecule has 118 valence electrons. The molecule has 0 aliphatic rings. The molecule has 0 saturated heterocycles. The lowest BCUT2D eigenvalue weighted by atomic mass is 9.80. The molecule has 3 aromatic rings. The van der Waals surface area contributed by atoms with Crippen LogP contribution < -0.4 is 11.2 Å². The van der Waals surface area contributed by atoms with Gasteiger partial charge in [0.05, 0.1) is 11.6 Å². The zero-order valence-corrected chi connectivity index (χ0v) is 14.9. The summed E-state index contributed by atoms with van der Waals surface area (Å²) in [4.78, 5) is 0. The maximum absolute atomic E-state index is 9.74. The first-order valence-corrected chi connectivity index (χ1v) is 8.80. The monoisotopic (exact) mass is 330 g/mol. The summed E-state index contributed by atoms with van der Waals surface area (Å²) in [6, 6.07) is 17.1. The molecular weight excluding hydrogens is 311 g/mol. The molecule has 1 unspecified atom stereocenters. The molecule has 0 saturated carbocycles. The number of nitriles is 1. The van der Waals surface area contributed by atoms with Crippen molar-refractivity contribution in [2.24, 2.45) is 5.73 Å². The Kier molecular flexibility index (Phi) is 4.46. The third kappa shape index (κ3) is 2.84. The first kappa shape index (κ1) is 16.4. The van der Waals surface area contributed by atoms with Crippen molar-refractivity contribution in [1.82, 2.24) is 0 Å². The molecule has 0 amide bonds. The first-order valence-electron chi connectivity index (χ1n) is 7.92. The van der Waals surface area contributed by atoms with Gasteiger partial charge in [-0.3, -0.25) is 0 Å². The minimum absolute atomic E-state index is 0.135. The quantitative estimate of drug-likeness (QED) is 0.591. The highest BCUT2D eigenvalue weighted by Gasteiger charge is 2.23. The van der Waals surface area contributed by atoms with Crippen LogP contribution in [0.4, 0.5) is 0 Å². The number of hydrogen-bond donors (Lipinski definition) is 1. The summed E-state index contributed by atoms with van der Waals surface area (Å²) in [5, 5.41) is 13.1. The van der Waals surface area contributed by atoms with E-state index in [9.17, 15) is 5.26 Å². The molecule has 3 rings (SSSR count). The second-order valence-electron chi connectivity index (χ2n) is 6.17. The van der Waals surface area contributed by atoms with E-state index in [0.29, 0.717) is 11.3 Å². The van der Waals surface area contributed by atoms with E-state index in [1.54, 1.807) is 18.3 Å². The molecule has 0 spiro atoms. The third-order valence-corrected chi connectivity index (χ3v) is 5.35. The summed E-state index contributed by atoms with van der Waals surface area (Å²) in [6.07, 6.45) is 0. The number of nitrogens with zero attached hydrogens (tertiary/aromatic N) is 1. The van der Waals surface area contributed by atoms with Crippen LogP contribution in [0.1, 0.15) is 29.5 Å². The van der Waals surface area contributed by atoms with Crippen LogP contribution in [-0.2, 0) is 0 Å². The predicted molar refractivity (Wildman–Crippen MR) is 106 cm³/mol. The van der Waals surface area contributed by atoms with Gasteiger partial charge in [0.1, 0.15) is 7.85 Å². The fourth-order valence-electron chi connectivity index (χ4n) is 3.25. The number of nitrogens with two attached hydrogens (primary N) is 1. The molecule has 0 aliphatic carbocycles. The Morgan fingerprint density at radius 2 is 2.04 bits per heavy atom. The first-order chi connectivity index (χ1) is 11.5. The Labute approximate surface area is 147 Å². The van der Waals surface area contributed by atoms with E-state index in [0.717, 1.165) is 11.1 Å². The van der Waals surface area contributed by atoms with E-state index in [1.165, 1.54) is 21.1 Å². The molecule has 2 nitrogen and oxygen atoms in total. The summed E-state index contributed by atoms with van der Waals surface area (Å²) in [5.41, 5.74) is 11.9. The number of thiophene rings is 1. The highest BCUT2D eigenvalue weighted by Crippen LogP contribution is 2.37. The average molecular weight is 330 g/mol. The summed E-state index contributed by atoms with van der Waals surface area (Å²) < 4.78 is 1.27. The van der Waals surface area contributed by atoms with Crippen LogP contribution in [-0.4, -0.2) is 7.85 Å². The molecule has 24 heavy (non-hydrogen) atoms. The number of hydrogen-bond acceptors (Lipinski definition) is 3. The lowest BCUT2D eigenvalue weighted by Gasteiger charge is -2.21. The van der Waals surface area contributed by atoms with Crippen molar-refractivity contribution < 1.29 is 0 Å². The van der Waals surface area contributed by atoms with Crippen LogP contribution >= 0.6 is 11.3 Å². The highest BCUT2D eigenvalue weighted by atomic mass is 32.1. The van der Waals surface area contributed by atoms with Crippen molar-refractivity contribution in [2.45, 2.75) is 19.8 Å². The Balaban J connectivity index is 2.30. The van der Waals surface area contributed by atoms with Gasteiger partial charge in [-0.2, -0.15) is 5.26 Å². The Morgan fingerprint density at radius 1 is 1.25 bits per heavy atom. The minimum atomic E-state index is -0.135. The zero-order chi connectivity index (χ0) is 17.3. The van der Waals surface area contributed by atoms with Gasteiger partial charge in [0.15, 0.2) is 0 Å². The predicted octanol–water partition coefficient (Wildman–Crippen LogP) is 3.36. The van der Waals surface area contributed by atoms with Crippen LogP contribution in [0.2, 0.25) is 0 Å². The van der Waals surface area contributed by atoms with E-state index in [2.05, 4.69) is 62.6 Å². The molecule has 0 bridgehead atoms. The summed E-state index contributed by atoms with van der Waals surface area (Å²) in [6.45, 7) is 3.94. The lowest BCUT2D eigenvalue weighted by molar-refractivity contribution is 0.946. The molecule has 1 heterocycles. The van der Waals surface area contributed by atoms with E-state index in [1.807, 2.05) is 6.07 Å². The number of fused-ring (bicyclic) bond motifs is 1. The van der Waals surface area contributed by atoms with E-state index < -0.39 is 0 Å². The second kappa shape index (κ2) is 6.55. The number of benzene rings is 2. The number of aryl methyl sites for hydroxylation is 1. The molecule has 0 radical (unpaired) electrons. The molecule has 0 aliphatic heterocycles. The van der Waals surface area contributed by atoms with Gasteiger partial charge in [0.25, 0.3) is 0 Å². The van der Waals surface area contributed by atoms with Crippen LogP contribution in [0.3, 0.4) is 0 Å². The van der Waals surface area contributed by atoms with E-state index >= 15 is 0 Å². The smallest absolute Gasteiger partial charge is 0.139 e. The van der Waals surface area contributed by atoms with Crippen LogP contribution in [0.5, 0.6) is 0 Å². The summed E-state index contributed by atoms with van der Waals surface area (Å²) in [5.74, 6) is -0.135. The van der Waals surface area contributed by atoms with Gasteiger partial charge in [0, 0.05) is 16.3 Å². The topological polar surface area (TPSA) is 49.8 Å². The maximum Gasteiger partial charge on any atom is 0.139 e. The van der Waals surface area contributed by atoms with Gasteiger partial charge in [-0.1, -0.05) is 35.8 Å². The van der Waals surface area contributed by atoms with Crippen LogP contribution in [0.15, 0.2) is 59.1 Å². The molecule has 2 N–H and O–H groups in total. The molecule has 2 aromatic carbocycles. The zero-order valence-electron chi connectivity index (χ0n) is 14.1. The fourth-order valence-corrected chi connectivity index (χ4v) is 4.10. The van der Waals surface area contributed by atoms with Crippen molar-refractivity contribution in [3.63, 3.8) is 0 Å². The molecule has 4 heteroatoms. The van der Waals surface area contributed by atoms with Crippen LogP contribution in [0.25, 0.3) is 10.1 Å². The Bertz CT molecular complexity index is 975. The van der Waals surface area contributed by atoms with E-state index in [4.69, 9.17) is 5.73 Å². The Morgan fingerprint density at radius 3 is 2.71 bits per heavy atom. The standard InChI is InChI=1S/C20H19BN2S/c1-12-16-8-9-24-19(16)7-6-17(12)20(18(11-22)13(2)23)14-4-3-5-15(21)10-14/h3-10,20H,21,23H2,1-2H3/b18-13+. The van der Waals surface area contributed by atoms with Crippen molar-refractivity contribution in [3.05, 3.63) is 75.8 Å². The van der Waals surface area contributed by atoms with Gasteiger partial charge >= 0.3 is 0 Å².